The molecule has 0 spiro atoms. The van der Waals surface area contributed by atoms with Crippen molar-refractivity contribution in [1.29, 1.82) is 0 Å². The number of hydrogen-bond acceptors (Lipinski definition) is 4. The molecule has 20 heavy (non-hydrogen) atoms. The molecule has 0 bridgehead atoms. The van der Waals surface area contributed by atoms with Crippen LogP contribution in [0.1, 0.15) is 15.9 Å². The van der Waals surface area contributed by atoms with Gasteiger partial charge in [-0.25, -0.2) is 4.79 Å². The fourth-order valence-electron chi connectivity index (χ4n) is 1.57. The van der Waals surface area contributed by atoms with Crippen molar-refractivity contribution >= 4 is 11.9 Å². The minimum absolute atomic E-state index is 0.0996. The molecule has 1 N–H and O–H groups in total. The van der Waals surface area contributed by atoms with E-state index in [1.165, 1.54) is 12.4 Å². The quantitative estimate of drug-likeness (QED) is 0.846. The highest BCUT2D eigenvalue weighted by Gasteiger charge is 2.08. The summed E-state index contributed by atoms with van der Waals surface area (Å²) in [7, 11) is 0. The molecular weight excluding hydrogens is 256 g/mol. The third-order valence-electron chi connectivity index (χ3n) is 2.61. The standard InChI is InChI=1S/C15H14N2O3/c18-14(13-6-8-16-9-7-13)10-17-15(19)20-11-12-4-2-1-3-5-12/h1-9H,10-11H2,(H,17,19). The van der Waals surface area contributed by atoms with E-state index in [0.717, 1.165) is 5.56 Å². The topological polar surface area (TPSA) is 68.3 Å². The van der Waals surface area contributed by atoms with E-state index < -0.39 is 6.09 Å². The monoisotopic (exact) mass is 270 g/mol. The largest absolute Gasteiger partial charge is 0.445 e. The molecule has 1 aromatic carbocycles. The van der Waals surface area contributed by atoms with Crippen LogP contribution >= 0.6 is 0 Å². The van der Waals surface area contributed by atoms with Gasteiger partial charge in [-0.1, -0.05) is 30.3 Å². The number of benzene rings is 1. The summed E-state index contributed by atoms with van der Waals surface area (Å²) >= 11 is 0. The van der Waals surface area contributed by atoms with Crippen molar-refractivity contribution in [1.82, 2.24) is 10.3 Å². The molecule has 0 aliphatic rings. The number of nitrogens with zero attached hydrogens (tertiary/aromatic N) is 1. The maximum Gasteiger partial charge on any atom is 0.407 e. The third-order valence-corrected chi connectivity index (χ3v) is 2.61. The number of alkyl carbamates (subject to hydrolysis) is 1. The van der Waals surface area contributed by atoms with E-state index in [1.54, 1.807) is 12.1 Å². The zero-order chi connectivity index (χ0) is 14.2. The van der Waals surface area contributed by atoms with Crippen LogP contribution in [0.15, 0.2) is 54.9 Å². The van der Waals surface area contributed by atoms with Gasteiger partial charge in [-0.3, -0.25) is 9.78 Å². The molecular formula is C15H14N2O3. The number of nitrogens with one attached hydrogen (secondary N) is 1. The second kappa shape index (κ2) is 7.04. The first kappa shape index (κ1) is 13.7. The lowest BCUT2D eigenvalue weighted by Gasteiger charge is -2.06. The maximum atomic E-state index is 11.7. The number of hydrogen-bond donors (Lipinski definition) is 1. The second-order valence-electron chi connectivity index (χ2n) is 4.07. The molecule has 2 aromatic rings. The van der Waals surface area contributed by atoms with Crippen LogP contribution in [0.2, 0.25) is 0 Å². The van der Waals surface area contributed by atoms with Crippen LogP contribution in [0.25, 0.3) is 0 Å². The summed E-state index contributed by atoms with van der Waals surface area (Å²) in [5, 5.41) is 2.42. The minimum atomic E-state index is -0.615. The van der Waals surface area contributed by atoms with Crippen LogP contribution in [0.5, 0.6) is 0 Å². The summed E-state index contributed by atoms with van der Waals surface area (Å²) in [5.41, 5.74) is 1.39. The van der Waals surface area contributed by atoms with Crippen molar-refractivity contribution < 1.29 is 14.3 Å². The molecule has 1 amide bonds. The van der Waals surface area contributed by atoms with Crippen molar-refractivity contribution in [2.45, 2.75) is 6.61 Å². The highest BCUT2D eigenvalue weighted by molar-refractivity contribution is 5.98. The van der Waals surface area contributed by atoms with Crippen molar-refractivity contribution in [3.05, 3.63) is 66.0 Å². The molecule has 1 heterocycles. The lowest BCUT2D eigenvalue weighted by molar-refractivity contribution is 0.0974. The Morgan fingerprint density at radius 2 is 1.75 bits per heavy atom. The fraction of sp³-hybridized carbons (Fsp3) is 0.133. The Balaban J connectivity index is 1.74. The second-order valence-corrected chi connectivity index (χ2v) is 4.07. The van der Waals surface area contributed by atoms with Crippen LogP contribution in [-0.4, -0.2) is 23.4 Å². The number of carbonyl (C=O) groups is 2. The van der Waals surface area contributed by atoms with Gasteiger partial charge >= 0.3 is 6.09 Å². The van der Waals surface area contributed by atoms with Gasteiger partial charge in [0, 0.05) is 18.0 Å². The number of pyridine rings is 1. The Kier molecular flexibility index (Phi) is 4.83. The lowest BCUT2D eigenvalue weighted by Crippen LogP contribution is -2.30. The van der Waals surface area contributed by atoms with Gasteiger partial charge in [-0.05, 0) is 17.7 Å². The first-order chi connectivity index (χ1) is 9.75. The van der Waals surface area contributed by atoms with E-state index >= 15 is 0 Å². The van der Waals surface area contributed by atoms with Crippen molar-refractivity contribution in [2.24, 2.45) is 0 Å². The smallest absolute Gasteiger partial charge is 0.407 e. The lowest BCUT2D eigenvalue weighted by atomic mass is 10.2. The molecule has 0 atom stereocenters. The van der Waals surface area contributed by atoms with E-state index in [-0.39, 0.29) is 18.9 Å². The summed E-state index contributed by atoms with van der Waals surface area (Å²) in [6.45, 7) is 0.0771. The van der Waals surface area contributed by atoms with Gasteiger partial charge in [-0.2, -0.15) is 0 Å². The third kappa shape index (κ3) is 4.20. The molecule has 1 aromatic heterocycles. The Morgan fingerprint density at radius 3 is 2.45 bits per heavy atom. The zero-order valence-electron chi connectivity index (χ0n) is 10.8. The number of carbonyl (C=O) groups excluding carboxylic acids is 2. The number of amides is 1. The Bertz CT molecular complexity index is 570. The molecule has 0 saturated heterocycles. The molecule has 2 rings (SSSR count). The summed E-state index contributed by atoms with van der Waals surface area (Å²) in [4.78, 5) is 27.0. The van der Waals surface area contributed by atoms with Crippen molar-refractivity contribution in [3.63, 3.8) is 0 Å². The predicted octanol–water partition coefficient (Wildman–Crippen LogP) is 2.19. The summed E-state index contributed by atoms with van der Waals surface area (Å²) in [6.07, 6.45) is 2.44. The fourth-order valence-corrected chi connectivity index (χ4v) is 1.57. The average Bonchev–Trinajstić information content (AvgIpc) is 2.52. The molecule has 0 aliphatic heterocycles. The van der Waals surface area contributed by atoms with Crippen LogP contribution in [0.3, 0.4) is 0 Å². The normalized spacial score (nSPS) is 9.80. The van der Waals surface area contributed by atoms with Gasteiger partial charge in [0.25, 0.3) is 0 Å². The average molecular weight is 270 g/mol. The van der Waals surface area contributed by atoms with Gasteiger partial charge < -0.3 is 10.1 Å². The van der Waals surface area contributed by atoms with Gasteiger partial charge in [-0.15, -0.1) is 0 Å². The van der Waals surface area contributed by atoms with E-state index in [1.807, 2.05) is 30.3 Å². The molecule has 0 fully saturated rings. The number of ketones is 1. The van der Waals surface area contributed by atoms with E-state index in [2.05, 4.69) is 10.3 Å². The van der Waals surface area contributed by atoms with E-state index in [0.29, 0.717) is 5.56 Å². The highest BCUT2D eigenvalue weighted by Crippen LogP contribution is 2.01. The van der Waals surface area contributed by atoms with Crippen molar-refractivity contribution in [3.8, 4) is 0 Å². The van der Waals surface area contributed by atoms with Crippen LogP contribution in [0, 0.1) is 0 Å². The van der Waals surface area contributed by atoms with Gasteiger partial charge in [0.05, 0.1) is 6.54 Å². The number of rotatable bonds is 5. The van der Waals surface area contributed by atoms with Crippen molar-refractivity contribution in [2.75, 3.05) is 6.54 Å². The summed E-state index contributed by atoms with van der Waals surface area (Å²) < 4.78 is 5.00. The summed E-state index contributed by atoms with van der Waals surface area (Å²) in [6, 6.07) is 12.5. The van der Waals surface area contributed by atoms with E-state index in [4.69, 9.17) is 4.74 Å². The molecule has 0 unspecified atom stereocenters. The van der Waals surface area contributed by atoms with Crippen LogP contribution in [0.4, 0.5) is 4.79 Å². The maximum absolute atomic E-state index is 11.7. The predicted molar refractivity (Wildman–Crippen MR) is 73.2 cm³/mol. The molecule has 0 aliphatic carbocycles. The summed E-state index contributed by atoms with van der Waals surface area (Å²) in [5.74, 6) is -0.191. The molecule has 102 valence electrons. The number of ether oxygens (including phenoxy) is 1. The van der Waals surface area contributed by atoms with Gasteiger partial charge in [0.2, 0.25) is 0 Å². The van der Waals surface area contributed by atoms with Crippen LogP contribution < -0.4 is 5.32 Å². The van der Waals surface area contributed by atoms with Crippen LogP contribution in [-0.2, 0) is 11.3 Å². The zero-order valence-corrected chi connectivity index (χ0v) is 10.8. The molecule has 5 nitrogen and oxygen atoms in total. The van der Waals surface area contributed by atoms with E-state index in [9.17, 15) is 9.59 Å². The SMILES string of the molecule is O=C(NCC(=O)c1ccncc1)OCc1ccccc1. The molecule has 5 heteroatoms. The Morgan fingerprint density at radius 1 is 1.05 bits per heavy atom. The number of Topliss-reactive ketones (excluding diaryl/α,β-unsaturated/α-hetero) is 1. The Hall–Kier alpha value is -2.69. The Labute approximate surface area is 116 Å². The first-order valence-corrected chi connectivity index (χ1v) is 6.13. The van der Waals surface area contributed by atoms with Gasteiger partial charge in [0.1, 0.15) is 6.61 Å². The minimum Gasteiger partial charge on any atom is -0.445 e. The highest BCUT2D eigenvalue weighted by atomic mass is 16.5. The first-order valence-electron chi connectivity index (χ1n) is 6.13. The molecule has 0 radical (unpaired) electrons. The molecule has 0 saturated carbocycles. The van der Waals surface area contributed by atoms with Gasteiger partial charge in [0.15, 0.2) is 5.78 Å². The number of aromatic nitrogens is 1.